The van der Waals surface area contributed by atoms with Gasteiger partial charge in [-0.2, -0.15) is 0 Å². The third-order valence-corrected chi connectivity index (χ3v) is 6.31. The second kappa shape index (κ2) is 8.52. The van der Waals surface area contributed by atoms with Gasteiger partial charge in [0.2, 0.25) is 0 Å². The molecule has 1 saturated heterocycles. The zero-order valence-electron chi connectivity index (χ0n) is 17.9. The molecule has 1 heterocycles. The van der Waals surface area contributed by atoms with Gasteiger partial charge in [0.15, 0.2) is 0 Å². The molecule has 3 atom stereocenters. The number of piperazine rings is 1. The van der Waals surface area contributed by atoms with Crippen LogP contribution in [-0.4, -0.2) is 41.5 Å². The summed E-state index contributed by atoms with van der Waals surface area (Å²) in [5.74, 6) is 0. The lowest BCUT2D eigenvalue weighted by Gasteiger charge is -2.47. The summed E-state index contributed by atoms with van der Waals surface area (Å²) in [4.78, 5) is 5.24. The molecule has 3 aromatic carbocycles. The molecule has 2 heteroatoms. The van der Waals surface area contributed by atoms with Crippen LogP contribution in [0.3, 0.4) is 0 Å². The van der Waals surface area contributed by atoms with Crippen LogP contribution < -0.4 is 0 Å². The van der Waals surface area contributed by atoms with Gasteiger partial charge in [-0.25, -0.2) is 0 Å². The maximum Gasteiger partial charge on any atom is 0.0605 e. The first-order valence-corrected chi connectivity index (χ1v) is 10.7. The number of fused-ring (bicyclic) bond motifs is 1. The molecule has 0 amide bonds. The molecule has 0 aromatic heterocycles. The van der Waals surface area contributed by atoms with Gasteiger partial charge in [-0.05, 0) is 48.7 Å². The van der Waals surface area contributed by atoms with Crippen molar-refractivity contribution in [1.82, 2.24) is 9.80 Å². The highest BCUT2D eigenvalue weighted by Gasteiger charge is 2.34. The zero-order chi connectivity index (χ0) is 20.4. The van der Waals surface area contributed by atoms with Crippen LogP contribution in [0, 0.1) is 6.92 Å². The monoisotopic (exact) mass is 384 g/mol. The molecule has 4 rings (SSSR count). The molecule has 3 aromatic rings. The minimum absolute atomic E-state index is 0.267. The molecular weight excluding hydrogens is 352 g/mol. The molecule has 1 aliphatic rings. The minimum atomic E-state index is 0.267. The lowest BCUT2D eigenvalue weighted by molar-refractivity contribution is 0.0307. The van der Waals surface area contributed by atoms with Crippen molar-refractivity contribution >= 4 is 10.8 Å². The highest BCUT2D eigenvalue weighted by Crippen LogP contribution is 2.35. The van der Waals surface area contributed by atoms with E-state index in [1.165, 1.54) is 27.5 Å². The summed E-state index contributed by atoms with van der Waals surface area (Å²) in [7, 11) is 0. The average Bonchev–Trinajstić information content (AvgIpc) is 2.72. The number of nitrogens with zero attached hydrogens (tertiary/aromatic N) is 2. The van der Waals surface area contributed by atoms with Gasteiger partial charge in [0, 0.05) is 31.7 Å². The SMILES string of the molecule is C=CCN1CC(C)N(C(c2cccc(C)c2)c2ccc3ccccc3c2)CC1C. The molecule has 2 nitrogen and oxygen atoms in total. The summed E-state index contributed by atoms with van der Waals surface area (Å²) in [6.07, 6.45) is 2.03. The summed E-state index contributed by atoms with van der Waals surface area (Å²) in [5.41, 5.74) is 4.08. The molecule has 1 fully saturated rings. The van der Waals surface area contributed by atoms with Gasteiger partial charge in [-0.15, -0.1) is 6.58 Å². The van der Waals surface area contributed by atoms with Gasteiger partial charge in [0.25, 0.3) is 0 Å². The van der Waals surface area contributed by atoms with Crippen molar-refractivity contribution in [2.75, 3.05) is 19.6 Å². The van der Waals surface area contributed by atoms with E-state index in [2.05, 4.69) is 104 Å². The third kappa shape index (κ3) is 4.14. The highest BCUT2D eigenvalue weighted by molar-refractivity contribution is 5.83. The summed E-state index contributed by atoms with van der Waals surface area (Å²) in [5, 5.41) is 2.62. The number of hydrogen-bond acceptors (Lipinski definition) is 2. The first-order valence-electron chi connectivity index (χ1n) is 10.7. The second-order valence-electron chi connectivity index (χ2n) is 8.56. The topological polar surface area (TPSA) is 6.48 Å². The maximum absolute atomic E-state index is 3.95. The molecule has 150 valence electrons. The van der Waals surface area contributed by atoms with Crippen LogP contribution in [0.5, 0.6) is 0 Å². The van der Waals surface area contributed by atoms with Gasteiger partial charge < -0.3 is 0 Å². The summed E-state index contributed by atoms with van der Waals surface area (Å²) < 4.78 is 0. The first kappa shape index (κ1) is 19.9. The van der Waals surface area contributed by atoms with E-state index in [1.807, 2.05) is 6.08 Å². The second-order valence-corrected chi connectivity index (χ2v) is 8.56. The number of benzene rings is 3. The van der Waals surface area contributed by atoms with E-state index in [0.29, 0.717) is 12.1 Å². The Hall–Kier alpha value is -2.42. The number of hydrogen-bond donors (Lipinski definition) is 0. The van der Waals surface area contributed by atoms with Crippen LogP contribution >= 0.6 is 0 Å². The summed E-state index contributed by atoms with van der Waals surface area (Å²) in [6.45, 7) is 13.9. The molecule has 1 aliphatic heterocycles. The van der Waals surface area contributed by atoms with Crippen molar-refractivity contribution < 1.29 is 0 Å². The van der Waals surface area contributed by atoms with Gasteiger partial charge in [0.05, 0.1) is 6.04 Å². The first-order chi connectivity index (χ1) is 14.1. The Kier molecular flexibility index (Phi) is 5.84. The normalized spacial score (nSPS) is 21.9. The van der Waals surface area contributed by atoms with Crippen molar-refractivity contribution in [1.29, 1.82) is 0 Å². The van der Waals surface area contributed by atoms with Crippen molar-refractivity contribution in [2.45, 2.75) is 38.9 Å². The maximum atomic E-state index is 3.95. The largest absolute Gasteiger partial charge is 0.294 e. The summed E-state index contributed by atoms with van der Waals surface area (Å²) in [6, 6.07) is 25.9. The van der Waals surface area contributed by atoms with Crippen molar-refractivity contribution in [2.24, 2.45) is 0 Å². The van der Waals surface area contributed by atoms with Crippen LogP contribution in [0.1, 0.15) is 36.6 Å². The fourth-order valence-electron chi connectivity index (χ4n) is 4.80. The highest BCUT2D eigenvalue weighted by atomic mass is 15.3. The molecule has 0 spiro atoms. The Morgan fingerprint density at radius 1 is 0.897 bits per heavy atom. The van der Waals surface area contributed by atoms with E-state index < -0.39 is 0 Å². The molecule has 0 N–H and O–H groups in total. The Labute approximate surface area is 175 Å². The predicted octanol–water partition coefficient (Wildman–Crippen LogP) is 5.82. The van der Waals surface area contributed by atoms with Crippen molar-refractivity contribution in [3.8, 4) is 0 Å². The van der Waals surface area contributed by atoms with Gasteiger partial charge in [-0.3, -0.25) is 9.80 Å². The predicted molar refractivity (Wildman–Crippen MR) is 124 cm³/mol. The standard InChI is InChI=1S/C27H32N2/c1-5-15-28-18-22(4)29(19-21(28)3)27(25-12-8-9-20(2)16-25)26-14-13-23-10-6-7-11-24(23)17-26/h5-14,16-17,21-22,27H,1,15,18-19H2,2-4H3. The number of rotatable bonds is 5. The molecule has 3 unspecified atom stereocenters. The van der Waals surface area contributed by atoms with Crippen LogP contribution in [0.2, 0.25) is 0 Å². The van der Waals surface area contributed by atoms with E-state index in [9.17, 15) is 0 Å². The van der Waals surface area contributed by atoms with E-state index in [0.717, 1.165) is 19.6 Å². The summed E-state index contributed by atoms with van der Waals surface area (Å²) >= 11 is 0. The van der Waals surface area contributed by atoms with Gasteiger partial charge in [0.1, 0.15) is 0 Å². The zero-order valence-corrected chi connectivity index (χ0v) is 17.9. The molecule has 0 radical (unpaired) electrons. The van der Waals surface area contributed by atoms with E-state index in [-0.39, 0.29) is 6.04 Å². The minimum Gasteiger partial charge on any atom is -0.294 e. The lowest BCUT2D eigenvalue weighted by atomic mass is 9.91. The molecule has 29 heavy (non-hydrogen) atoms. The smallest absolute Gasteiger partial charge is 0.0605 e. The Morgan fingerprint density at radius 2 is 1.66 bits per heavy atom. The third-order valence-electron chi connectivity index (χ3n) is 6.31. The van der Waals surface area contributed by atoms with E-state index >= 15 is 0 Å². The molecule has 0 aliphatic carbocycles. The molecular formula is C27H32N2. The molecule has 0 bridgehead atoms. The molecule has 0 saturated carbocycles. The van der Waals surface area contributed by atoms with Crippen molar-refractivity contribution in [3.63, 3.8) is 0 Å². The van der Waals surface area contributed by atoms with Crippen LogP contribution in [0.15, 0.2) is 79.4 Å². The fourth-order valence-corrected chi connectivity index (χ4v) is 4.80. The Balaban J connectivity index is 1.77. The quantitative estimate of drug-likeness (QED) is 0.512. The van der Waals surface area contributed by atoms with Crippen LogP contribution in [0.4, 0.5) is 0 Å². The van der Waals surface area contributed by atoms with E-state index in [4.69, 9.17) is 0 Å². The Bertz CT molecular complexity index is 993. The fraction of sp³-hybridized carbons (Fsp3) is 0.333. The number of aryl methyl sites for hydroxylation is 1. The van der Waals surface area contributed by atoms with Gasteiger partial charge >= 0.3 is 0 Å². The lowest BCUT2D eigenvalue weighted by Crippen LogP contribution is -2.57. The van der Waals surface area contributed by atoms with Crippen LogP contribution in [0.25, 0.3) is 10.8 Å². The Morgan fingerprint density at radius 3 is 2.41 bits per heavy atom. The average molecular weight is 385 g/mol. The van der Waals surface area contributed by atoms with Gasteiger partial charge in [-0.1, -0.05) is 72.3 Å². The van der Waals surface area contributed by atoms with Crippen molar-refractivity contribution in [3.05, 3.63) is 96.1 Å². The van der Waals surface area contributed by atoms with E-state index in [1.54, 1.807) is 0 Å². The van der Waals surface area contributed by atoms with Crippen LogP contribution in [-0.2, 0) is 0 Å².